The lowest BCUT2D eigenvalue weighted by atomic mass is 9.95. The van der Waals surface area contributed by atoms with Crippen LogP contribution in [-0.2, 0) is 11.4 Å². The van der Waals surface area contributed by atoms with Crippen LogP contribution in [0.4, 0.5) is 5.69 Å². The first-order chi connectivity index (χ1) is 15.2. The van der Waals surface area contributed by atoms with Crippen molar-refractivity contribution in [2.24, 2.45) is 5.92 Å². The van der Waals surface area contributed by atoms with Gasteiger partial charge in [0.2, 0.25) is 5.91 Å². The van der Waals surface area contributed by atoms with Gasteiger partial charge >= 0.3 is 0 Å². The van der Waals surface area contributed by atoms with Crippen LogP contribution in [0.25, 0.3) is 0 Å². The van der Waals surface area contributed by atoms with Gasteiger partial charge in [0.1, 0.15) is 12.4 Å². The number of para-hydroxylation sites is 2. The Morgan fingerprint density at radius 1 is 0.839 bits per heavy atom. The van der Waals surface area contributed by atoms with E-state index in [9.17, 15) is 9.59 Å². The molecule has 1 saturated heterocycles. The van der Waals surface area contributed by atoms with Gasteiger partial charge in [0, 0.05) is 24.7 Å². The highest BCUT2D eigenvalue weighted by Crippen LogP contribution is 2.25. The molecular formula is C26H26N2O3. The van der Waals surface area contributed by atoms with E-state index in [4.69, 9.17) is 4.74 Å². The Kier molecular flexibility index (Phi) is 6.62. The van der Waals surface area contributed by atoms with E-state index in [1.54, 1.807) is 6.07 Å². The monoisotopic (exact) mass is 414 g/mol. The molecule has 3 aromatic rings. The standard InChI is InChI=1S/C26H26N2O3/c29-25(27-22-11-5-2-6-12-22)21-15-17-28(18-16-21)26(30)23-13-7-8-14-24(23)31-19-20-9-3-1-4-10-20/h1-14,21H,15-19H2,(H,27,29). The molecule has 0 aromatic heterocycles. The molecule has 5 nitrogen and oxygen atoms in total. The van der Waals surface area contributed by atoms with Crippen LogP contribution in [-0.4, -0.2) is 29.8 Å². The predicted octanol–water partition coefficient (Wildman–Crippen LogP) is 4.76. The van der Waals surface area contributed by atoms with Crippen molar-refractivity contribution in [3.63, 3.8) is 0 Å². The minimum absolute atomic E-state index is 0.0184. The Bertz CT molecular complexity index is 1010. The number of carbonyl (C=O) groups excluding carboxylic acids is 2. The van der Waals surface area contributed by atoms with Gasteiger partial charge in [0.15, 0.2) is 0 Å². The summed E-state index contributed by atoms with van der Waals surface area (Å²) >= 11 is 0. The number of anilines is 1. The lowest BCUT2D eigenvalue weighted by Crippen LogP contribution is -2.41. The maximum atomic E-state index is 13.1. The lowest BCUT2D eigenvalue weighted by Gasteiger charge is -2.31. The van der Waals surface area contributed by atoms with Gasteiger partial charge < -0.3 is 15.0 Å². The Morgan fingerprint density at radius 2 is 1.45 bits per heavy atom. The van der Waals surface area contributed by atoms with Gasteiger partial charge in [-0.05, 0) is 42.7 Å². The number of rotatable bonds is 6. The fraction of sp³-hybridized carbons (Fsp3) is 0.231. The summed E-state index contributed by atoms with van der Waals surface area (Å²) in [6, 6.07) is 26.7. The summed E-state index contributed by atoms with van der Waals surface area (Å²) in [7, 11) is 0. The second kappa shape index (κ2) is 9.94. The number of ether oxygens (including phenoxy) is 1. The number of nitrogens with zero attached hydrogens (tertiary/aromatic N) is 1. The minimum atomic E-state index is -0.0890. The highest BCUT2D eigenvalue weighted by atomic mass is 16.5. The molecule has 2 amide bonds. The summed E-state index contributed by atoms with van der Waals surface area (Å²) < 4.78 is 5.95. The van der Waals surface area contributed by atoms with E-state index in [2.05, 4.69) is 5.32 Å². The van der Waals surface area contributed by atoms with E-state index < -0.39 is 0 Å². The third-order valence-corrected chi connectivity index (χ3v) is 5.55. The van der Waals surface area contributed by atoms with Crippen LogP contribution in [0.1, 0.15) is 28.8 Å². The van der Waals surface area contributed by atoms with Crippen LogP contribution >= 0.6 is 0 Å². The van der Waals surface area contributed by atoms with Crippen molar-refractivity contribution in [3.8, 4) is 5.75 Å². The first kappa shape index (κ1) is 20.7. The van der Waals surface area contributed by atoms with Crippen molar-refractivity contribution >= 4 is 17.5 Å². The molecule has 1 fully saturated rings. The molecule has 3 aromatic carbocycles. The third-order valence-electron chi connectivity index (χ3n) is 5.55. The molecular weight excluding hydrogens is 388 g/mol. The molecule has 0 aliphatic carbocycles. The van der Waals surface area contributed by atoms with Crippen molar-refractivity contribution in [1.29, 1.82) is 0 Å². The number of hydrogen-bond acceptors (Lipinski definition) is 3. The molecule has 0 radical (unpaired) electrons. The fourth-order valence-electron chi connectivity index (χ4n) is 3.79. The molecule has 158 valence electrons. The number of hydrogen-bond donors (Lipinski definition) is 1. The normalized spacial score (nSPS) is 14.1. The summed E-state index contributed by atoms with van der Waals surface area (Å²) in [6.07, 6.45) is 1.30. The van der Waals surface area contributed by atoms with Crippen LogP contribution in [0.2, 0.25) is 0 Å². The topological polar surface area (TPSA) is 58.6 Å². The van der Waals surface area contributed by atoms with Crippen LogP contribution in [0.15, 0.2) is 84.9 Å². The quantitative estimate of drug-likeness (QED) is 0.633. The average Bonchev–Trinajstić information content (AvgIpc) is 2.84. The molecule has 0 unspecified atom stereocenters. The number of benzene rings is 3. The number of amides is 2. The van der Waals surface area contributed by atoms with Gasteiger partial charge in [-0.1, -0.05) is 60.7 Å². The number of likely N-dealkylation sites (tertiary alicyclic amines) is 1. The summed E-state index contributed by atoms with van der Waals surface area (Å²) in [6.45, 7) is 1.52. The Labute approximate surface area is 182 Å². The van der Waals surface area contributed by atoms with Crippen LogP contribution < -0.4 is 10.1 Å². The van der Waals surface area contributed by atoms with Gasteiger partial charge in [-0.25, -0.2) is 0 Å². The second-order valence-electron chi connectivity index (χ2n) is 7.69. The van der Waals surface area contributed by atoms with E-state index in [1.165, 1.54) is 0 Å². The highest BCUT2D eigenvalue weighted by molar-refractivity contribution is 5.97. The zero-order valence-corrected chi connectivity index (χ0v) is 17.4. The molecule has 5 heteroatoms. The zero-order chi connectivity index (χ0) is 21.5. The molecule has 0 saturated carbocycles. The SMILES string of the molecule is O=C(Nc1ccccc1)C1CCN(C(=O)c2ccccc2OCc2ccccc2)CC1. The minimum Gasteiger partial charge on any atom is -0.488 e. The van der Waals surface area contributed by atoms with Gasteiger partial charge in [0.25, 0.3) is 5.91 Å². The Balaban J connectivity index is 1.35. The van der Waals surface area contributed by atoms with Gasteiger partial charge in [-0.3, -0.25) is 9.59 Å². The summed E-state index contributed by atoms with van der Waals surface area (Å²) in [5.41, 5.74) is 2.41. The van der Waals surface area contributed by atoms with E-state index >= 15 is 0 Å². The molecule has 0 bridgehead atoms. The molecule has 0 spiro atoms. The summed E-state index contributed by atoms with van der Waals surface area (Å²) in [4.78, 5) is 27.5. The smallest absolute Gasteiger partial charge is 0.257 e. The molecule has 0 atom stereocenters. The second-order valence-corrected chi connectivity index (χ2v) is 7.69. The van der Waals surface area contributed by atoms with Crippen molar-refractivity contribution in [2.45, 2.75) is 19.4 Å². The molecule has 1 heterocycles. The van der Waals surface area contributed by atoms with Gasteiger partial charge in [-0.15, -0.1) is 0 Å². The highest BCUT2D eigenvalue weighted by Gasteiger charge is 2.29. The van der Waals surface area contributed by atoms with Crippen LogP contribution in [0.5, 0.6) is 5.75 Å². The van der Waals surface area contributed by atoms with E-state index in [0.717, 1.165) is 11.3 Å². The number of piperidine rings is 1. The maximum Gasteiger partial charge on any atom is 0.257 e. The van der Waals surface area contributed by atoms with E-state index in [0.29, 0.717) is 43.9 Å². The molecule has 1 aliphatic heterocycles. The van der Waals surface area contributed by atoms with E-state index in [1.807, 2.05) is 83.8 Å². The predicted molar refractivity (Wildman–Crippen MR) is 121 cm³/mol. The molecule has 1 aliphatic rings. The molecule has 1 N–H and O–H groups in total. The van der Waals surface area contributed by atoms with Crippen LogP contribution in [0, 0.1) is 5.92 Å². The van der Waals surface area contributed by atoms with Gasteiger partial charge in [0.05, 0.1) is 5.56 Å². The summed E-state index contributed by atoms with van der Waals surface area (Å²) in [5, 5.41) is 2.97. The molecule has 4 rings (SSSR count). The van der Waals surface area contributed by atoms with Crippen LogP contribution in [0.3, 0.4) is 0 Å². The third kappa shape index (κ3) is 5.31. The zero-order valence-electron chi connectivity index (χ0n) is 17.4. The van der Waals surface area contributed by atoms with Crippen molar-refractivity contribution in [2.75, 3.05) is 18.4 Å². The fourth-order valence-corrected chi connectivity index (χ4v) is 3.79. The largest absolute Gasteiger partial charge is 0.488 e. The van der Waals surface area contributed by atoms with Crippen molar-refractivity contribution < 1.29 is 14.3 Å². The first-order valence-corrected chi connectivity index (χ1v) is 10.6. The van der Waals surface area contributed by atoms with Crippen molar-refractivity contribution in [1.82, 2.24) is 4.90 Å². The Hall–Kier alpha value is -3.60. The van der Waals surface area contributed by atoms with E-state index in [-0.39, 0.29) is 17.7 Å². The number of nitrogens with one attached hydrogen (secondary N) is 1. The number of carbonyl (C=O) groups is 2. The first-order valence-electron chi connectivity index (χ1n) is 10.6. The average molecular weight is 415 g/mol. The van der Waals surface area contributed by atoms with Gasteiger partial charge in [-0.2, -0.15) is 0 Å². The lowest BCUT2D eigenvalue weighted by molar-refractivity contribution is -0.121. The van der Waals surface area contributed by atoms with Crippen molar-refractivity contribution in [3.05, 3.63) is 96.1 Å². The Morgan fingerprint density at radius 3 is 2.16 bits per heavy atom. The summed E-state index contributed by atoms with van der Waals surface area (Å²) in [5.74, 6) is 0.463. The molecule has 31 heavy (non-hydrogen) atoms. The maximum absolute atomic E-state index is 13.1.